The number of hydrogen-bond donors (Lipinski definition) is 2. The highest BCUT2D eigenvalue weighted by Gasteiger charge is 2.19. The molecule has 0 aromatic rings. The van der Waals surface area contributed by atoms with Crippen LogP contribution in [0.1, 0.15) is 64.7 Å². The average Bonchev–Trinajstić information content (AvgIpc) is 2.75. The van der Waals surface area contributed by atoms with Gasteiger partial charge >= 0.3 is 0 Å². The second-order valence-electron chi connectivity index (χ2n) is 6.75. The number of rotatable bonds is 6. The lowest BCUT2D eigenvalue weighted by molar-refractivity contribution is -0.121. The highest BCUT2D eigenvalue weighted by atomic mass is 16.1. The Balaban J connectivity index is 1.58. The van der Waals surface area contributed by atoms with Crippen LogP contribution < -0.4 is 10.6 Å². The molecule has 0 radical (unpaired) electrons. The molecule has 2 aliphatic rings. The normalized spacial score (nSPS) is 22.9. The first kappa shape index (κ1) is 16.8. The van der Waals surface area contributed by atoms with Crippen LogP contribution in [0.2, 0.25) is 0 Å². The van der Waals surface area contributed by atoms with E-state index in [1.807, 2.05) is 0 Å². The molecular formula is C17H33N3O. The first-order valence-electron chi connectivity index (χ1n) is 9.03. The summed E-state index contributed by atoms with van der Waals surface area (Å²) < 4.78 is 0. The smallest absolute Gasteiger partial charge is 0.234 e. The van der Waals surface area contributed by atoms with Gasteiger partial charge in [-0.25, -0.2) is 0 Å². The van der Waals surface area contributed by atoms with Gasteiger partial charge in [0.05, 0.1) is 6.54 Å². The van der Waals surface area contributed by atoms with Crippen molar-refractivity contribution in [3.8, 4) is 0 Å². The topological polar surface area (TPSA) is 44.4 Å². The van der Waals surface area contributed by atoms with Crippen molar-refractivity contribution in [1.29, 1.82) is 0 Å². The van der Waals surface area contributed by atoms with Crippen LogP contribution in [0.3, 0.4) is 0 Å². The van der Waals surface area contributed by atoms with Crippen molar-refractivity contribution < 1.29 is 4.79 Å². The lowest BCUT2D eigenvalue weighted by Crippen LogP contribution is -2.47. The van der Waals surface area contributed by atoms with Gasteiger partial charge in [0, 0.05) is 12.1 Å². The zero-order valence-corrected chi connectivity index (χ0v) is 13.7. The molecule has 122 valence electrons. The van der Waals surface area contributed by atoms with Crippen LogP contribution in [0.5, 0.6) is 0 Å². The van der Waals surface area contributed by atoms with Crippen LogP contribution in [-0.2, 0) is 4.79 Å². The zero-order valence-electron chi connectivity index (χ0n) is 13.7. The molecule has 4 nitrogen and oxygen atoms in total. The number of hydrogen-bond acceptors (Lipinski definition) is 3. The highest BCUT2D eigenvalue weighted by molar-refractivity contribution is 5.78. The number of nitrogens with zero attached hydrogens (tertiary/aromatic N) is 1. The standard InChI is InChI=1S/C17H33N3O/c1-2-11-20-12-9-15(10-13-20)18-14-17(21)19-16-7-5-3-4-6-8-16/h15-16,18H,2-14H2,1H3,(H,19,21). The maximum absolute atomic E-state index is 12.0. The van der Waals surface area contributed by atoms with Gasteiger partial charge in [-0.2, -0.15) is 0 Å². The van der Waals surface area contributed by atoms with Crippen molar-refractivity contribution >= 4 is 5.91 Å². The largest absolute Gasteiger partial charge is 0.352 e. The summed E-state index contributed by atoms with van der Waals surface area (Å²) in [5, 5.41) is 6.67. The first-order valence-corrected chi connectivity index (χ1v) is 9.03. The molecule has 0 aromatic carbocycles. The molecule has 1 aliphatic carbocycles. The minimum atomic E-state index is 0.192. The Morgan fingerprint density at radius 3 is 2.29 bits per heavy atom. The van der Waals surface area contributed by atoms with Crippen molar-refractivity contribution in [2.24, 2.45) is 0 Å². The molecule has 1 aliphatic heterocycles. The number of nitrogens with one attached hydrogen (secondary N) is 2. The van der Waals surface area contributed by atoms with Gasteiger partial charge < -0.3 is 15.5 Å². The predicted octanol–water partition coefficient (Wildman–Crippen LogP) is 2.29. The van der Waals surface area contributed by atoms with Crippen LogP contribution >= 0.6 is 0 Å². The summed E-state index contributed by atoms with van der Waals surface area (Å²) >= 11 is 0. The maximum atomic E-state index is 12.0. The van der Waals surface area contributed by atoms with E-state index in [4.69, 9.17) is 0 Å². The van der Waals surface area contributed by atoms with E-state index in [0.29, 0.717) is 18.6 Å². The van der Waals surface area contributed by atoms with Crippen LogP contribution in [0, 0.1) is 0 Å². The summed E-state index contributed by atoms with van der Waals surface area (Å²) in [6.07, 6.45) is 11.1. The molecule has 0 atom stereocenters. The third-order valence-electron chi connectivity index (χ3n) is 4.90. The monoisotopic (exact) mass is 295 g/mol. The number of likely N-dealkylation sites (tertiary alicyclic amines) is 1. The summed E-state index contributed by atoms with van der Waals surface area (Å²) in [5.74, 6) is 0.192. The van der Waals surface area contributed by atoms with Crippen molar-refractivity contribution in [3.05, 3.63) is 0 Å². The third kappa shape index (κ3) is 6.35. The fourth-order valence-electron chi connectivity index (χ4n) is 3.62. The number of carbonyl (C=O) groups is 1. The molecule has 1 saturated heterocycles. The molecule has 21 heavy (non-hydrogen) atoms. The lowest BCUT2D eigenvalue weighted by Gasteiger charge is -2.32. The predicted molar refractivity (Wildman–Crippen MR) is 87.4 cm³/mol. The molecule has 0 bridgehead atoms. The Kier molecular flexibility index (Phi) is 7.51. The van der Waals surface area contributed by atoms with Crippen molar-refractivity contribution in [3.63, 3.8) is 0 Å². The number of piperidine rings is 1. The van der Waals surface area contributed by atoms with Crippen LogP contribution in [0.25, 0.3) is 0 Å². The Hall–Kier alpha value is -0.610. The zero-order chi connectivity index (χ0) is 14.9. The number of carbonyl (C=O) groups excluding carboxylic acids is 1. The van der Waals surface area contributed by atoms with Gasteiger partial charge in [-0.05, 0) is 51.7 Å². The minimum absolute atomic E-state index is 0.192. The molecule has 2 N–H and O–H groups in total. The minimum Gasteiger partial charge on any atom is -0.352 e. The second kappa shape index (κ2) is 9.42. The quantitative estimate of drug-likeness (QED) is 0.739. The van der Waals surface area contributed by atoms with Gasteiger partial charge in [0.15, 0.2) is 0 Å². The Bertz CT molecular complexity index is 292. The molecule has 0 aromatic heterocycles. The molecule has 2 fully saturated rings. The van der Waals surface area contributed by atoms with E-state index >= 15 is 0 Å². The fourth-order valence-corrected chi connectivity index (χ4v) is 3.62. The van der Waals surface area contributed by atoms with Crippen LogP contribution in [-0.4, -0.2) is 49.1 Å². The molecule has 4 heteroatoms. The number of amides is 1. The van der Waals surface area contributed by atoms with E-state index in [2.05, 4.69) is 22.5 Å². The molecule has 1 amide bonds. The van der Waals surface area contributed by atoms with E-state index in [1.165, 1.54) is 77.4 Å². The van der Waals surface area contributed by atoms with E-state index in [1.54, 1.807) is 0 Å². The van der Waals surface area contributed by atoms with E-state index in [-0.39, 0.29) is 5.91 Å². The van der Waals surface area contributed by atoms with E-state index in [0.717, 1.165) is 0 Å². The highest BCUT2D eigenvalue weighted by Crippen LogP contribution is 2.17. The summed E-state index contributed by atoms with van der Waals surface area (Å²) in [6.45, 7) is 6.30. The Morgan fingerprint density at radius 2 is 1.67 bits per heavy atom. The summed E-state index contributed by atoms with van der Waals surface area (Å²) in [5.41, 5.74) is 0. The summed E-state index contributed by atoms with van der Waals surface area (Å²) in [7, 11) is 0. The van der Waals surface area contributed by atoms with Gasteiger partial charge in [-0.15, -0.1) is 0 Å². The van der Waals surface area contributed by atoms with Crippen LogP contribution in [0.15, 0.2) is 0 Å². The molecule has 1 heterocycles. The Morgan fingerprint density at radius 1 is 1.00 bits per heavy atom. The second-order valence-corrected chi connectivity index (χ2v) is 6.75. The molecule has 1 saturated carbocycles. The van der Waals surface area contributed by atoms with Crippen molar-refractivity contribution in [1.82, 2.24) is 15.5 Å². The Labute approximate surface area is 130 Å². The van der Waals surface area contributed by atoms with Gasteiger partial charge in [0.25, 0.3) is 0 Å². The molecule has 2 rings (SSSR count). The average molecular weight is 295 g/mol. The molecule has 0 unspecified atom stereocenters. The van der Waals surface area contributed by atoms with Crippen LogP contribution in [0.4, 0.5) is 0 Å². The summed E-state index contributed by atoms with van der Waals surface area (Å²) in [6, 6.07) is 0.950. The van der Waals surface area contributed by atoms with Gasteiger partial charge in [0.2, 0.25) is 5.91 Å². The molecular weight excluding hydrogens is 262 g/mol. The first-order chi connectivity index (χ1) is 10.3. The third-order valence-corrected chi connectivity index (χ3v) is 4.90. The van der Waals surface area contributed by atoms with E-state index < -0.39 is 0 Å². The van der Waals surface area contributed by atoms with Crippen molar-refractivity contribution in [2.45, 2.75) is 76.8 Å². The van der Waals surface area contributed by atoms with Crippen molar-refractivity contribution in [2.75, 3.05) is 26.2 Å². The van der Waals surface area contributed by atoms with Gasteiger partial charge in [-0.3, -0.25) is 4.79 Å². The van der Waals surface area contributed by atoms with Gasteiger partial charge in [0.1, 0.15) is 0 Å². The fraction of sp³-hybridized carbons (Fsp3) is 0.941. The van der Waals surface area contributed by atoms with E-state index in [9.17, 15) is 4.79 Å². The lowest BCUT2D eigenvalue weighted by atomic mass is 10.0. The van der Waals surface area contributed by atoms with Gasteiger partial charge in [-0.1, -0.05) is 32.6 Å². The molecule has 0 spiro atoms. The summed E-state index contributed by atoms with van der Waals surface area (Å²) in [4.78, 5) is 14.6. The maximum Gasteiger partial charge on any atom is 0.234 e. The SMILES string of the molecule is CCCN1CCC(NCC(=O)NC2CCCCCC2)CC1.